The standard InChI is InChI=1S/C20H31O2P.C2H6.C2H4/c1-4-6-18(5-2)22-20(21)14-16-7-8-19(15(3)13-16)17-9-11-23-12-10-17;2*1-2/h7-8,13,17-18,23H,4-6,9-12,14H2,1-3H3;1-2H3;1-2H2. The molecule has 1 aliphatic heterocycles. The lowest BCUT2D eigenvalue weighted by molar-refractivity contribution is -0.148. The number of hydrogen-bond donors (Lipinski definition) is 0. The van der Waals surface area contributed by atoms with Gasteiger partial charge >= 0.3 is 5.97 Å². The average molecular weight is 393 g/mol. The topological polar surface area (TPSA) is 26.3 Å². The Hall–Kier alpha value is -1.14. The SMILES string of the molecule is C=C.CC.CCCC(CC)OC(=O)Cc1ccc(C2CCPCC2)c(C)c1. The average Bonchev–Trinajstić information content (AvgIpc) is 2.71. The predicted octanol–water partition coefficient (Wildman–Crippen LogP) is 7.04. The summed E-state index contributed by atoms with van der Waals surface area (Å²) in [6.45, 7) is 16.4. The van der Waals surface area contributed by atoms with E-state index in [9.17, 15) is 4.79 Å². The Labute approximate surface area is 170 Å². The van der Waals surface area contributed by atoms with Crippen LogP contribution in [-0.4, -0.2) is 24.4 Å². The van der Waals surface area contributed by atoms with Crippen molar-refractivity contribution in [3.63, 3.8) is 0 Å². The Balaban J connectivity index is 0.00000158. The van der Waals surface area contributed by atoms with Crippen LogP contribution in [0.2, 0.25) is 0 Å². The molecule has 1 heterocycles. The second kappa shape index (κ2) is 15.9. The molecule has 0 spiro atoms. The van der Waals surface area contributed by atoms with Crippen LogP contribution < -0.4 is 0 Å². The van der Waals surface area contributed by atoms with Crippen molar-refractivity contribution in [1.82, 2.24) is 0 Å². The fraction of sp³-hybridized carbons (Fsp3) is 0.625. The Morgan fingerprint density at radius 3 is 2.37 bits per heavy atom. The minimum Gasteiger partial charge on any atom is -0.462 e. The number of rotatable bonds is 7. The molecular formula is C24H41O2P. The van der Waals surface area contributed by atoms with Gasteiger partial charge in [0.25, 0.3) is 0 Å². The van der Waals surface area contributed by atoms with Crippen LogP contribution in [-0.2, 0) is 16.0 Å². The molecule has 1 aromatic rings. The number of aryl methyl sites for hydroxylation is 1. The maximum absolute atomic E-state index is 12.1. The van der Waals surface area contributed by atoms with Crippen LogP contribution in [0.4, 0.5) is 0 Å². The van der Waals surface area contributed by atoms with Gasteiger partial charge in [-0.25, -0.2) is 0 Å². The number of esters is 1. The molecular weight excluding hydrogens is 351 g/mol. The van der Waals surface area contributed by atoms with Crippen molar-refractivity contribution in [3.05, 3.63) is 48.0 Å². The molecule has 1 aliphatic rings. The van der Waals surface area contributed by atoms with Gasteiger partial charge < -0.3 is 4.74 Å². The van der Waals surface area contributed by atoms with Crippen LogP contribution >= 0.6 is 8.58 Å². The second-order valence-corrected chi connectivity index (χ2v) is 8.20. The molecule has 3 heteroatoms. The fourth-order valence-electron chi connectivity index (χ4n) is 3.50. The van der Waals surface area contributed by atoms with Crippen LogP contribution in [0.3, 0.4) is 0 Å². The van der Waals surface area contributed by atoms with Crippen LogP contribution in [0.1, 0.15) is 82.4 Å². The third-order valence-electron chi connectivity index (χ3n) is 4.83. The number of benzene rings is 1. The van der Waals surface area contributed by atoms with E-state index in [1.54, 1.807) is 0 Å². The zero-order valence-electron chi connectivity index (χ0n) is 18.3. The summed E-state index contributed by atoms with van der Waals surface area (Å²) in [5.74, 6) is 0.641. The van der Waals surface area contributed by atoms with Crippen LogP contribution in [0, 0.1) is 6.92 Å². The van der Waals surface area contributed by atoms with E-state index in [1.165, 1.54) is 36.3 Å². The van der Waals surface area contributed by atoms with Gasteiger partial charge in [-0.2, -0.15) is 0 Å². The van der Waals surface area contributed by atoms with Gasteiger partial charge in [-0.05, 0) is 67.5 Å². The van der Waals surface area contributed by atoms with Crippen molar-refractivity contribution in [3.8, 4) is 0 Å². The lowest BCUT2D eigenvalue weighted by atomic mass is 9.89. The Morgan fingerprint density at radius 1 is 1.22 bits per heavy atom. The number of hydrogen-bond acceptors (Lipinski definition) is 2. The molecule has 1 atom stereocenters. The van der Waals surface area contributed by atoms with Crippen LogP contribution in [0.25, 0.3) is 0 Å². The minimum atomic E-state index is -0.0867. The Morgan fingerprint density at radius 2 is 1.85 bits per heavy atom. The van der Waals surface area contributed by atoms with E-state index < -0.39 is 0 Å². The van der Waals surface area contributed by atoms with Crippen molar-refractivity contribution in [2.24, 2.45) is 0 Å². The smallest absolute Gasteiger partial charge is 0.310 e. The maximum Gasteiger partial charge on any atom is 0.310 e. The maximum atomic E-state index is 12.1. The lowest BCUT2D eigenvalue weighted by Gasteiger charge is -2.24. The summed E-state index contributed by atoms with van der Waals surface area (Å²) in [7, 11) is 1.16. The first kappa shape index (κ1) is 25.9. The molecule has 1 unspecified atom stereocenters. The Bertz CT molecular complexity index is 521. The first-order valence-corrected chi connectivity index (χ1v) is 12.0. The van der Waals surface area contributed by atoms with Crippen molar-refractivity contribution in [2.75, 3.05) is 12.3 Å². The molecule has 2 rings (SSSR count). The van der Waals surface area contributed by atoms with Gasteiger partial charge in [0.05, 0.1) is 6.42 Å². The van der Waals surface area contributed by atoms with Gasteiger partial charge in [-0.3, -0.25) is 4.79 Å². The number of carbonyl (C=O) groups is 1. The van der Waals surface area contributed by atoms with Gasteiger partial charge in [0.15, 0.2) is 0 Å². The molecule has 0 bridgehead atoms. The summed E-state index contributed by atoms with van der Waals surface area (Å²) in [4.78, 5) is 12.1. The molecule has 2 nitrogen and oxygen atoms in total. The summed E-state index contributed by atoms with van der Waals surface area (Å²) < 4.78 is 5.59. The molecule has 154 valence electrons. The van der Waals surface area contributed by atoms with E-state index in [2.05, 4.69) is 52.1 Å². The van der Waals surface area contributed by atoms with E-state index in [0.29, 0.717) is 6.42 Å². The highest BCUT2D eigenvalue weighted by molar-refractivity contribution is 7.38. The zero-order valence-corrected chi connectivity index (χ0v) is 19.3. The second-order valence-electron chi connectivity index (χ2n) is 6.70. The summed E-state index contributed by atoms with van der Waals surface area (Å²) in [5, 5.41) is 0. The van der Waals surface area contributed by atoms with Gasteiger partial charge in [-0.15, -0.1) is 21.7 Å². The summed E-state index contributed by atoms with van der Waals surface area (Å²) >= 11 is 0. The lowest BCUT2D eigenvalue weighted by Crippen LogP contribution is -2.19. The summed E-state index contributed by atoms with van der Waals surface area (Å²) in [5.41, 5.74) is 3.91. The molecule has 1 fully saturated rings. The third kappa shape index (κ3) is 9.56. The highest BCUT2D eigenvalue weighted by Crippen LogP contribution is 2.35. The van der Waals surface area contributed by atoms with E-state index in [1.807, 2.05) is 13.8 Å². The van der Waals surface area contributed by atoms with Crippen molar-refractivity contribution >= 4 is 14.6 Å². The molecule has 0 radical (unpaired) electrons. The summed E-state index contributed by atoms with van der Waals surface area (Å²) in [6.07, 6.45) is 8.82. The molecule has 1 aromatic carbocycles. The highest BCUT2D eigenvalue weighted by atomic mass is 31.1. The van der Waals surface area contributed by atoms with Crippen molar-refractivity contribution in [2.45, 2.75) is 85.2 Å². The fourth-order valence-corrected chi connectivity index (χ4v) is 4.86. The third-order valence-corrected chi connectivity index (χ3v) is 6.11. The molecule has 27 heavy (non-hydrogen) atoms. The van der Waals surface area contributed by atoms with E-state index in [4.69, 9.17) is 4.74 Å². The van der Waals surface area contributed by atoms with Gasteiger partial charge in [0, 0.05) is 0 Å². The molecule has 0 amide bonds. The zero-order chi connectivity index (χ0) is 20.7. The molecule has 0 aliphatic carbocycles. The van der Waals surface area contributed by atoms with E-state index in [-0.39, 0.29) is 12.1 Å². The highest BCUT2D eigenvalue weighted by Gasteiger charge is 2.18. The van der Waals surface area contributed by atoms with Crippen LogP contribution in [0.5, 0.6) is 0 Å². The first-order valence-electron chi connectivity index (χ1n) is 10.6. The van der Waals surface area contributed by atoms with Crippen LogP contribution in [0.15, 0.2) is 31.4 Å². The van der Waals surface area contributed by atoms with Gasteiger partial charge in [-0.1, -0.05) is 52.3 Å². The van der Waals surface area contributed by atoms with Gasteiger partial charge in [0.2, 0.25) is 0 Å². The van der Waals surface area contributed by atoms with Gasteiger partial charge in [0.1, 0.15) is 6.10 Å². The van der Waals surface area contributed by atoms with Crippen molar-refractivity contribution < 1.29 is 9.53 Å². The largest absolute Gasteiger partial charge is 0.462 e. The minimum absolute atomic E-state index is 0.0796. The Kier molecular flexibility index (Phi) is 15.2. The number of ether oxygens (including phenoxy) is 1. The summed E-state index contributed by atoms with van der Waals surface area (Å²) in [6, 6.07) is 6.57. The normalized spacial score (nSPS) is 17.7. The molecule has 0 N–H and O–H groups in total. The predicted molar refractivity (Wildman–Crippen MR) is 123 cm³/mol. The van der Waals surface area contributed by atoms with Crippen molar-refractivity contribution in [1.29, 1.82) is 0 Å². The molecule has 1 saturated heterocycles. The number of carbonyl (C=O) groups excluding carboxylic acids is 1. The first-order chi connectivity index (χ1) is 13.1. The quantitative estimate of drug-likeness (QED) is 0.282. The molecule has 0 aromatic heterocycles. The van der Waals surface area contributed by atoms with E-state index >= 15 is 0 Å². The van der Waals surface area contributed by atoms with E-state index in [0.717, 1.165) is 39.3 Å². The molecule has 0 saturated carbocycles. The monoisotopic (exact) mass is 392 g/mol.